The van der Waals surface area contributed by atoms with Gasteiger partial charge in [-0.3, -0.25) is 14.1 Å². The predicted molar refractivity (Wildman–Crippen MR) is 233 cm³/mol. The highest BCUT2D eigenvalue weighted by Gasteiger charge is 2.46. The van der Waals surface area contributed by atoms with Crippen LogP contribution in [0.15, 0.2) is 48.6 Å². The maximum absolute atomic E-state index is 12.8. The van der Waals surface area contributed by atoms with Crippen LogP contribution in [0.1, 0.15) is 174 Å². The van der Waals surface area contributed by atoms with E-state index < -0.39 is 71.2 Å². The van der Waals surface area contributed by atoms with Gasteiger partial charge in [0, 0.05) is 12.8 Å². The molecule has 1 heterocycles. The van der Waals surface area contributed by atoms with E-state index in [0.717, 1.165) is 51.4 Å². The van der Waals surface area contributed by atoms with Crippen LogP contribution in [0.25, 0.3) is 0 Å². The SMILES string of the molecule is CCCCCCCC/C=C/C/C=C/CCC(=O)OC(COC(=O)CCCCCCC/C=C/C=C/CCCCCCCCC)CO[C@H]1O[C@H](CS(=O)(=O)O)[C@@H](O)C(O)C1O. The van der Waals surface area contributed by atoms with E-state index in [4.69, 9.17) is 18.9 Å². The zero-order valence-corrected chi connectivity index (χ0v) is 37.2. The normalized spacial score (nSPS) is 20.7. The summed E-state index contributed by atoms with van der Waals surface area (Å²) in [5.41, 5.74) is 0. The van der Waals surface area contributed by atoms with Crippen LogP contribution in [-0.2, 0) is 38.7 Å². The molecule has 0 aromatic rings. The molecule has 0 bridgehead atoms. The lowest BCUT2D eigenvalue weighted by Gasteiger charge is -2.40. The number of unbranched alkanes of at least 4 members (excludes halogenated alkanes) is 18. The van der Waals surface area contributed by atoms with Crippen LogP contribution < -0.4 is 0 Å². The number of hydrogen-bond acceptors (Lipinski definition) is 11. The largest absolute Gasteiger partial charge is 0.462 e. The molecule has 4 N–H and O–H groups in total. The molecular weight excluding hydrogens is 777 g/mol. The van der Waals surface area contributed by atoms with Gasteiger partial charge in [0.05, 0.1) is 6.61 Å². The number of ether oxygens (including phenoxy) is 4. The molecule has 59 heavy (non-hydrogen) atoms. The summed E-state index contributed by atoms with van der Waals surface area (Å²) in [6.45, 7) is 3.67. The van der Waals surface area contributed by atoms with E-state index in [1.165, 1.54) is 83.5 Å². The Balaban J connectivity index is 2.48. The highest BCUT2D eigenvalue weighted by molar-refractivity contribution is 7.85. The van der Waals surface area contributed by atoms with Crippen LogP contribution in [0.5, 0.6) is 0 Å². The lowest BCUT2D eigenvalue weighted by Crippen LogP contribution is -2.60. The number of carbonyl (C=O) groups is 2. The summed E-state index contributed by atoms with van der Waals surface area (Å²) < 4.78 is 53.9. The van der Waals surface area contributed by atoms with Gasteiger partial charge in [-0.05, 0) is 57.8 Å². The third-order valence-corrected chi connectivity index (χ3v) is 10.9. The maximum atomic E-state index is 12.8. The fourth-order valence-corrected chi connectivity index (χ4v) is 7.29. The molecule has 12 nitrogen and oxygen atoms in total. The van der Waals surface area contributed by atoms with E-state index in [0.29, 0.717) is 12.8 Å². The Bertz CT molecular complexity index is 1280. The average Bonchev–Trinajstić information content (AvgIpc) is 3.20. The number of aliphatic hydroxyl groups excluding tert-OH is 3. The van der Waals surface area contributed by atoms with Crippen molar-refractivity contribution in [2.75, 3.05) is 19.0 Å². The van der Waals surface area contributed by atoms with Crippen molar-refractivity contribution in [1.29, 1.82) is 0 Å². The molecule has 3 unspecified atom stereocenters. The van der Waals surface area contributed by atoms with Crippen molar-refractivity contribution in [2.24, 2.45) is 0 Å². The lowest BCUT2D eigenvalue weighted by molar-refractivity contribution is -0.297. The minimum atomic E-state index is -4.61. The Morgan fingerprint density at radius 1 is 0.593 bits per heavy atom. The molecule has 0 aromatic heterocycles. The predicted octanol–water partition coefficient (Wildman–Crippen LogP) is 9.17. The number of esters is 2. The van der Waals surface area contributed by atoms with Gasteiger partial charge >= 0.3 is 11.9 Å². The highest BCUT2D eigenvalue weighted by Crippen LogP contribution is 2.24. The molecule has 0 spiro atoms. The maximum Gasteiger partial charge on any atom is 0.306 e. The van der Waals surface area contributed by atoms with Gasteiger partial charge in [-0.25, -0.2) is 0 Å². The summed E-state index contributed by atoms with van der Waals surface area (Å²) in [5, 5.41) is 30.8. The van der Waals surface area contributed by atoms with Crippen LogP contribution in [0.4, 0.5) is 0 Å². The average molecular weight is 857 g/mol. The minimum absolute atomic E-state index is 0.0537. The third kappa shape index (κ3) is 31.2. The first-order valence-corrected chi connectivity index (χ1v) is 24.3. The zero-order chi connectivity index (χ0) is 43.4. The van der Waals surface area contributed by atoms with Gasteiger partial charge in [0.25, 0.3) is 10.1 Å². The Morgan fingerprint density at radius 2 is 1.10 bits per heavy atom. The van der Waals surface area contributed by atoms with Gasteiger partial charge in [0.1, 0.15) is 36.8 Å². The summed E-state index contributed by atoms with van der Waals surface area (Å²) in [5.74, 6) is -2.09. The Hall–Kier alpha value is -2.39. The number of allylic oxidation sites excluding steroid dienone is 8. The third-order valence-electron chi connectivity index (χ3n) is 10.2. The standard InChI is InChI=1S/C46H80O12S/c1-3-5-7-9-11-13-15-17-18-19-20-21-23-24-26-28-30-32-34-41(47)55-36-39(37-56-46-45(51)44(50)43(49)40(58-46)38-59(52,53)54)57-42(48)35-33-31-29-27-25-22-16-14-12-10-8-6-4-2/h18-22,25,29,31,39-40,43-46,49-51H,3-17,23-24,26-28,30,32-38H2,1-2H3,(H,52,53,54)/b19-18+,21-20+,25-22+,31-29+/t39?,40-,43-,44?,45?,46+/m1/s1. The summed E-state index contributed by atoms with van der Waals surface area (Å²) >= 11 is 0. The molecule has 6 atom stereocenters. The van der Waals surface area contributed by atoms with E-state index in [1.807, 2.05) is 12.2 Å². The van der Waals surface area contributed by atoms with Crippen LogP contribution in [0.3, 0.4) is 0 Å². The molecule has 1 rings (SSSR count). The summed E-state index contributed by atoms with van der Waals surface area (Å²) in [4.78, 5) is 25.3. The zero-order valence-electron chi connectivity index (χ0n) is 36.3. The van der Waals surface area contributed by atoms with E-state index in [2.05, 4.69) is 50.3 Å². The van der Waals surface area contributed by atoms with Crippen LogP contribution in [-0.4, -0.2) is 96.0 Å². The van der Waals surface area contributed by atoms with Crippen molar-refractivity contribution in [3.63, 3.8) is 0 Å². The van der Waals surface area contributed by atoms with Crippen molar-refractivity contribution in [2.45, 2.75) is 211 Å². The second-order valence-electron chi connectivity index (χ2n) is 15.7. The highest BCUT2D eigenvalue weighted by atomic mass is 32.2. The molecule has 1 saturated heterocycles. The van der Waals surface area contributed by atoms with Gasteiger partial charge in [-0.2, -0.15) is 8.42 Å². The van der Waals surface area contributed by atoms with Gasteiger partial charge in [-0.1, -0.05) is 152 Å². The fourth-order valence-electron chi connectivity index (χ4n) is 6.60. The van der Waals surface area contributed by atoms with Crippen molar-refractivity contribution < 1.29 is 56.8 Å². The molecule has 0 aliphatic carbocycles. The molecule has 342 valence electrons. The summed E-state index contributed by atoms with van der Waals surface area (Å²) in [7, 11) is -4.61. The molecule has 0 saturated carbocycles. The Kier molecular flexibility index (Phi) is 33.6. The Morgan fingerprint density at radius 3 is 1.66 bits per heavy atom. The minimum Gasteiger partial charge on any atom is -0.462 e. The number of aliphatic hydroxyl groups is 3. The topological polar surface area (TPSA) is 186 Å². The van der Waals surface area contributed by atoms with Crippen molar-refractivity contribution in [3.05, 3.63) is 48.6 Å². The molecule has 1 aliphatic heterocycles. The fraction of sp³-hybridized carbons (Fsp3) is 0.783. The monoisotopic (exact) mass is 857 g/mol. The first-order chi connectivity index (χ1) is 28.5. The quantitative estimate of drug-likeness (QED) is 0.0153. The van der Waals surface area contributed by atoms with E-state index in [9.17, 15) is 37.9 Å². The van der Waals surface area contributed by atoms with E-state index in [-0.39, 0.29) is 19.4 Å². The number of hydrogen-bond donors (Lipinski definition) is 4. The first kappa shape index (κ1) is 54.6. The molecule has 0 amide bonds. The number of rotatable bonds is 37. The van der Waals surface area contributed by atoms with Gasteiger partial charge in [0.2, 0.25) is 0 Å². The number of carbonyl (C=O) groups excluding carboxylic acids is 2. The summed E-state index contributed by atoms with van der Waals surface area (Å²) in [6.07, 6.45) is 33.2. The van der Waals surface area contributed by atoms with E-state index in [1.54, 1.807) is 0 Å². The Labute approximate surface area is 356 Å². The van der Waals surface area contributed by atoms with Gasteiger partial charge < -0.3 is 34.3 Å². The lowest BCUT2D eigenvalue weighted by atomic mass is 10.00. The van der Waals surface area contributed by atoms with Gasteiger partial charge in [0.15, 0.2) is 12.4 Å². The van der Waals surface area contributed by atoms with Crippen molar-refractivity contribution >= 4 is 22.1 Å². The molecule has 13 heteroatoms. The van der Waals surface area contributed by atoms with E-state index >= 15 is 0 Å². The van der Waals surface area contributed by atoms with Crippen LogP contribution in [0.2, 0.25) is 0 Å². The smallest absolute Gasteiger partial charge is 0.306 e. The molecule has 1 fully saturated rings. The van der Waals surface area contributed by atoms with Crippen molar-refractivity contribution in [1.82, 2.24) is 0 Å². The second-order valence-corrected chi connectivity index (χ2v) is 17.2. The molecular formula is C46H80O12S. The van der Waals surface area contributed by atoms with Crippen molar-refractivity contribution in [3.8, 4) is 0 Å². The van der Waals surface area contributed by atoms with Crippen LogP contribution in [0, 0.1) is 0 Å². The molecule has 1 aliphatic rings. The summed E-state index contributed by atoms with van der Waals surface area (Å²) in [6, 6.07) is 0. The second kappa shape index (κ2) is 36.3. The molecule has 0 aromatic carbocycles. The molecule has 0 radical (unpaired) electrons. The van der Waals surface area contributed by atoms with Gasteiger partial charge in [-0.15, -0.1) is 0 Å². The first-order valence-electron chi connectivity index (χ1n) is 22.7. The van der Waals surface area contributed by atoms with Crippen LogP contribution >= 0.6 is 0 Å².